The van der Waals surface area contributed by atoms with Gasteiger partial charge in [-0.15, -0.1) is 0 Å². The maximum Gasteiger partial charge on any atom is 0.151 e. The van der Waals surface area contributed by atoms with Crippen LogP contribution in [0.3, 0.4) is 0 Å². The highest BCUT2D eigenvalue weighted by molar-refractivity contribution is 6.42. The molecule has 2 N–H and O–H groups in total. The molecular formula is C13H7Cl3N2O. The fourth-order valence-corrected chi connectivity index (χ4v) is 1.93. The van der Waals surface area contributed by atoms with Crippen molar-refractivity contribution in [3.8, 4) is 17.6 Å². The standard InChI is InChI=1S/C13H7Cl3N2O/c14-8-1-2-12(7(3-8)6-17)19-13-5-10(16)9(15)4-11(13)18/h1-5H,18H2. The van der Waals surface area contributed by atoms with Gasteiger partial charge in [0.2, 0.25) is 0 Å². The first-order valence-corrected chi connectivity index (χ1v) is 6.26. The summed E-state index contributed by atoms with van der Waals surface area (Å²) in [5, 5.41) is 10.1. The lowest BCUT2D eigenvalue weighted by Gasteiger charge is -2.11. The van der Waals surface area contributed by atoms with E-state index in [2.05, 4.69) is 0 Å². The molecule has 2 rings (SSSR count). The Hall–Kier alpha value is -1.60. The molecule has 3 nitrogen and oxygen atoms in total. The van der Waals surface area contributed by atoms with Gasteiger partial charge in [0.1, 0.15) is 11.8 Å². The lowest BCUT2D eigenvalue weighted by Crippen LogP contribution is -1.94. The minimum Gasteiger partial charge on any atom is -0.454 e. The molecule has 0 bridgehead atoms. The highest BCUT2D eigenvalue weighted by Crippen LogP contribution is 2.36. The number of rotatable bonds is 2. The molecule has 2 aromatic rings. The zero-order valence-electron chi connectivity index (χ0n) is 9.45. The third-order valence-corrected chi connectivity index (χ3v) is 3.29. The van der Waals surface area contributed by atoms with Crippen molar-refractivity contribution in [2.24, 2.45) is 0 Å². The zero-order valence-corrected chi connectivity index (χ0v) is 11.7. The summed E-state index contributed by atoms with van der Waals surface area (Å²) in [4.78, 5) is 0. The summed E-state index contributed by atoms with van der Waals surface area (Å²) < 4.78 is 5.57. The van der Waals surface area contributed by atoms with E-state index < -0.39 is 0 Å². The second-order valence-corrected chi connectivity index (χ2v) is 4.91. The quantitative estimate of drug-likeness (QED) is 0.803. The first-order chi connectivity index (χ1) is 9.01. The van der Waals surface area contributed by atoms with Gasteiger partial charge >= 0.3 is 0 Å². The average Bonchev–Trinajstić information content (AvgIpc) is 2.37. The van der Waals surface area contributed by atoms with Crippen molar-refractivity contribution < 1.29 is 4.74 Å². The van der Waals surface area contributed by atoms with Crippen LogP contribution in [-0.4, -0.2) is 0 Å². The maximum absolute atomic E-state index is 9.02. The third-order valence-electron chi connectivity index (χ3n) is 2.33. The van der Waals surface area contributed by atoms with Crippen molar-refractivity contribution in [1.82, 2.24) is 0 Å². The van der Waals surface area contributed by atoms with Crippen LogP contribution in [0.15, 0.2) is 30.3 Å². The summed E-state index contributed by atoms with van der Waals surface area (Å²) in [6.07, 6.45) is 0. The summed E-state index contributed by atoms with van der Waals surface area (Å²) in [6.45, 7) is 0. The van der Waals surface area contributed by atoms with Gasteiger partial charge in [0, 0.05) is 11.1 Å². The first-order valence-electron chi connectivity index (χ1n) is 5.13. The Kier molecular flexibility index (Phi) is 4.06. The number of nitrogen functional groups attached to an aromatic ring is 1. The molecule has 0 aromatic heterocycles. The molecule has 0 saturated heterocycles. The number of anilines is 1. The largest absolute Gasteiger partial charge is 0.454 e. The number of benzene rings is 2. The van der Waals surface area contributed by atoms with Gasteiger partial charge < -0.3 is 10.5 Å². The Balaban J connectivity index is 2.42. The Bertz CT molecular complexity index is 680. The van der Waals surface area contributed by atoms with E-state index in [1.807, 2.05) is 6.07 Å². The Morgan fingerprint density at radius 2 is 1.68 bits per heavy atom. The number of nitrogens with two attached hydrogens (primary N) is 1. The van der Waals surface area contributed by atoms with Crippen LogP contribution in [0.4, 0.5) is 5.69 Å². The molecule has 0 amide bonds. The van der Waals surface area contributed by atoms with Crippen LogP contribution in [-0.2, 0) is 0 Å². The van der Waals surface area contributed by atoms with Crippen LogP contribution < -0.4 is 10.5 Å². The Labute approximate surface area is 125 Å². The van der Waals surface area contributed by atoms with E-state index in [-0.39, 0.29) is 0 Å². The van der Waals surface area contributed by atoms with Crippen molar-refractivity contribution in [3.63, 3.8) is 0 Å². The Morgan fingerprint density at radius 1 is 1.00 bits per heavy atom. The summed E-state index contributed by atoms with van der Waals surface area (Å²) in [6, 6.07) is 9.68. The van der Waals surface area contributed by atoms with Crippen molar-refractivity contribution in [3.05, 3.63) is 51.0 Å². The minimum absolute atomic E-state index is 0.304. The van der Waals surface area contributed by atoms with Crippen LogP contribution in [0.2, 0.25) is 15.1 Å². The fraction of sp³-hybridized carbons (Fsp3) is 0. The Morgan fingerprint density at radius 3 is 2.37 bits per heavy atom. The van der Waals surface area contributed by atoms with Gasteiger partial charge in [-0.05, 0) is 24.3 Å². The molecule has 0 aliphatic rings. The van der Waals surface area contributed by atoms with Gasteiger partial charge in [0.25, 0.3) is 0 Å². The molecule has 0 aliphatic heterocycles. The van der Waals surface area contributed by atoms with E-state index in [9.17, 15) is 0 Å². The van der Waals surface area contributed by atoms with Gasteiger partial charge in [0.15, 0.2) is 5.75 Å². The van der Waals surface area contributed by atoms with Gasteiger partial charge in [-0.3, -0.25) is 0 Å². The molecule has 0 heterocycles. The summed E-state index contributed by atoms with van der Waals surface area (Å²) in [5.41, 5.74) is 6.41. The molecule has 0 radical (unpaired) electrons. The zero-order chi connectivity index (χ0) is 14.0. The van der Waals surface area contributed by atoms with Crippen LogP contribution in [0, 0.1) is 11.3 Å². The van der Waals surface area contributed by atoms with E-state index in [1.165, 1.54) is 18.2 Å². The fourth-order valence-electron chi connectivity index (χ4n) is 1.43. The van der Waals surface area contributed by atoms with Crippen molar-refractivity contribution in [1.29, 1.82) is 5.26 Å². The van der Waals surface area contributed by atoms with Crippen molar-refractivity contribution in [2.45, 2.75) is 0 Å². The number of nitriles is 1. The molecule has 0 atom stereocenters. The molecule has 96 valence electrons. The van der Waals surface area contributed by atoms with Gasteiger partial charge in [0.05, 0.1) is 21.3 Å². The molecule has 0 saturated carbocycles. The normalized spacial score (nSPS) is 10.0. The van der Waals surface area contributed by atoms with E-state index in [1.54, 1.807) is 12.1 Å². The van der Waals surface area contributed by atoms with E-state index in [0.717, 1.165) is 0 Å². The molecule has 0 spiro atoms. The summed E-state index contributed by atoms with van der Waals surface area (Å²) in [5.74, 6) is 0.671. The minimum atomic E-state index is 0.304. The molecule has 2 aromatic carbocycles. The average molecular weight is 314 g/mol. The highest BCUT2D eigenvalue weighted by Gasteiger charge is 2.10. The van der Waals surface area contributed by atoms with Gasteiger partial charge in [-0.25, -0.2) is 0 Å². The SMILES string of the molecule is N#Cc1cc(Cl)ccc1Oc1cc(Cl)c(Cl)cc1N. The number of nitrogens with zero attached hydrogens (tertiary/aromatic N) is 1. The van der Waals surface area contributed by atoms with E-state index >= 15 is 0 Å². The van der Waals surface area contributed by atoms with Crippen LogP contribution in [0.25, 0.3) is 0 Å². The van der Waals surface area contributed by atoms with Gasteiger partial charge in [-0.2, -0.15) is 5.26 Å². The lowest BCUT2D eigenvalue weighted by molar-refractivity contribution is 0.483. The molecule has 0 unspecified atom stereocenters. The summed E-state index contributed by atoms with van der Waals surface area (Å²) in [7, 11) is 0. The van der Waals surface area contributed by atoms with E-state index in [0.29, 0.717) is 37.8 Å². The molecule has 6 heteroatoms. The second-order valence-electron chi connectivity index (χ2n) is 3.66. The van der Waals surface area contributed by atoms with Crippen LogP contribution in [0.5, 0.6) is 11.5 Å². The molecule has 19 heavy (non-hydrogen) atoms. The van der Waals surface area contributed by atoms with Crippen LogP contribution in [0.1, 0.15) is 5.56 Å². The predicted octanol–water partition coefficient (Wildman–Crippen LogP) is 4.89. The summed E-state index contributed by atoms with van der Waals surface area (Å²) >= 11 is 17.5. The second kappa shape index (κ2) is 5.58. The first kappa shape index (κ1) is 13.8. The number of halogens is 3. The molecule has 0 fully saturated rings. The predicted molar refractivity (Wildman–Crippen MR) is 77.1 cm³/mol. The molecular weight excluding hydrogens is 307 g/mol. The number of ether oxygens (including phenoxy) is 1. The van der Waals surface area contributed by atoms with Crippen molar-refractivity contribution >= 4 is 40.5 Å². The third kappa shape index (κ3) is 3.05. The lowest BCUT2D eigenvalue weighted by atomic mass is 10.2. The number of hydrogen-bond donors (Lipinski definition) is 1. The molecule has 0 aliphatic carbocycles. The van der Waals surface area contributed by atoms with Crippen molar-refractivity contribution in [2.75, 3.05) is 5.73 Å². The maximum atomic E-state index is 9.02. The monoisotopic (exact) mass is 312 g/mol. The highest BCUT2D eigenvalue weighted by atomic mass is 35.5. The topological polar surface area (TPSA) is 59.0 Å². The van der Waals surface area contributed by atoms with Crippen LogP contribution >= 0.6 is 34.8 Å². The number of hydrogen-bond acceptors (Lipinski definition) is 3. The van der Waals surface area contributed by atoms with Gasteiger partial charge in [-0.1, -0.05) is 34.8 Å². The van der Waals surface area contributed by atoms with E-state index in [4.69, 9.17) is 50.5 Å². The smallest absolute Gasteiger partial charge is 0.151 e.